The van der Waals surface area contributed by atoms with Crippen LogP contribution in [0.3, 0.4) is 0 Å². The van der Waals surface area contributed by atoms with Gasteiger partial charge in [0.05, 0.1) is 6.54 Å². The monoisotopic (exact) mass is 432 g/mol. The Morgan fingerprint density at radius 2 is 1.53 bits per heavy atom. The minimum absolute atomic E-state index is 0.103. The third-order valence-corrected chi connectivity index (χ3v) is 5.30. The van der Waals surface area contributed by atoms with Crippen molar-refractivity contribution in [2.45, 2.75) is 19.1 Å². The Labute approximate surface area is 186 Å². The average molecular weight is 432 g/mol. The van der Waals surface area contributed by atoms with Gasteiger partial charge in [-0.2, -0.15) is 0 Å². The highest BCUT2D eigenvalue weighted by molar-refractivity contribution is 6.35. The zero-order chi connectivity index (χ0) is 22.6. The van der Waals surface area contributed by atoms with Crippen LogP contribution in [-0.4, -0.2) is 30.3 Å². The third kappa shape index (κ3) is 4.90. The Kier molecular flexibility index (Phi) is 6.09. The van der Waals surface area contributed by atoms with Crippen LogP contribution in [0.4, 0.5) is 0 Å². The van der Waals surface area contributed by atoms with Crippen LogP contribution in [-0.2, 0) is 21.7 Å². The Morgan fingerprint density at radius 1 is 0.875 bits per heavy atom. The van der Waals surface area contributed by atoms with Crippen LogP contribution in [0, 0.1) is 0 Å². The lowest BCUT2D eigenvalue weighted by Gasteiger charge is -2.24. The van der Waals surface area contributed by atoms with Crippen LogP contribution in [0.1, 0.15) is 18.1 Å². The fourth-order valence-electron chi connectivity index (χ4n) is 3.40. The predicted octanol–water partition coefficient (Wildman–Crippen LogP) is 2.72. The fourth-order valence-corrected chi connectivity index (χ4v) is 3.40. The van der Waals surface area contributed by atoms with Gasteiger partial charge in [-0.25, -0.2) is 0 Å². The van der Waals surface area contributed by atoms with Crippen molar-refractivity contribution in [3.63, 3.8) is 0 Å². The lowest BCUT2D eigenvalue weighted by molar-refractivity contribution is -0.139. The summed E-state index contributed by atoms with van der Waals surface area (Å²) in [7, 11) is 0. The summed E-state index contributed by atoms with van der Waals surface area (Å²) in [5, 5.41) is 15.9. The highest BCUT2D eigenvalue weighted by Crippen LogP contribution is 2.32. The average Bonchev–Trinajstić information content (AvgIpc) is 3.29. The van der Waals surface area contributed by atoms with Crippen molar-refractivity contribution < 1.29 is 24.2 Å². The quantitative estimate of drug-likeness (QED) is 0.521. The maximum Gasteiger partial charge on any atom is 0.309 e. The molecule has 0 aromatic heterocycles. The number of rotatable bonds is 6. The van der Waals surface area contributed by atoms with Crippen molar-refractivity contribution in [1.82, 2.24) is 10.6 Å². The van der Waals surface area contributed by atoms with E-state index in [1.54, 1.807) is 25.1 Å². The standard InChI is InChI=1S/C25H24N2O5/c1-25(30,20-10-8-19(9-11-20)18-5-3-2-4-6-18)15-27-24(29)23(28)26-14-17-7-12-21-22(13-17)32-16-31-21/h2-13,30H,14-16H2,1H3,(H,26,28)(H,27,29)/t25-/m1/s1. The van der Waals surface area contributed by atoms with E-state index in [1.807, 2.05) is 54.6 Å². The summed E-state index contributed by atoms with van der Waals surface area (Å²) in [5.74, 6) is -0.336. The normalized spacial score (nSPS) is 13.8. The Morgan fingerprint density at radius 3 is 2.28 bits per heavy atom. The van der Waals surface area contributed by atoms with E-state index in [0.29, 0.717) is 17.1 Å². The summed E-state index contributed by atoms with van der Waals surface area (Å²) in [5.41, 5.74) is 2.19. The maximum atomic E-state index is 12.2. The molecule has 0 radical (unpaired) electrons. The van der Waals surface area contributed by atoms with Crippen molar-refractivity contribution >= 4 is 11.8 Å². The first-order valence-electron chi connectivity index (χ1n) is 10.3. The molecule has 0 saturated heterocycles. The molecule has 7 nitrogen and oxygen atoms in total. The smallest absolute Gasteiger partial charge is 0.309 e. The van der Waals surface area contributed by atoms with E-state index >= 15 is 0 Å². The first kappa shape index (κ1) is 21.4. The Bertz CT molecular complexity index is 1110. The molecule has 0 bridgehead atoms. The Hall–Kier alpha value is -3.84. The topological polar surface area (TPSA) is 96.9 Å². The summed E-state index contributed by atoms with van der Waals surface area (Å²) in [6.45, 7) is 1.83. The van der Waals surface area contributed by atoms with Gasteiger partial charge in [0.25, 0.3) is 0 Å². The Balaban J connectivity index is 1.29. The van der Waals surface area contributed by atoms with Gasteiger partial charge in [0.2, 0.25) is 6.79 Å². The minimum Gasteiger partial charge on any atom is -0.454 e. The molecule has 1 heterocycles. The van der Waals surface area contributed by atoms with Gasteiger partial charge in [0.15, 0.2) is 11.5 Å². The maximum absolute atomic E-state index is 12.2. The van der Waals surface area contributed by atoms with Crippen LogP contribution < -0.4 is 20.1 Å². The molecule has 1 aliphatic rings. The van der Waals surface area contributed by atoms with E-state index in [4.69, 9.17) is 9.47 Å². The van der Waals surface area contributed by atoms with Crippen LogP contribution in [0.5, 0.6) is 11.5 Å². The second-order valence-corrected chi connectivity index (χ2v) is 7.77. The van der Waals surface area contributed by atoms with Gasteiger partial charge in [-0.1, -0.05) is 60.7 Å². The predicted molar refractivity (Wildman–Crippen MR) is 119 cm³/mol. The molecule has 3 aromatic rings. The number of carbonyl (C=O) groups is 2. The van der Waals surface area contributed by atoms with E-state index in [0.717, 1.165) is 16.7 Å². The van der Waals surface area contributed by atoms with E-state index in [-0.39, 0.29) is 19.9 Å². The highest BCUT2D eigenvalue weighted by atomic mass is 16.7. The van der Waals surface area contributed by atoms with E-state index in [9.17, 15) is 14.7 Å². The van der Waals surface area contributed by atoms with E-state index in [1.165, 1.54) is 0 Å². The molecular weight excluding hydrogens is 408 g/mol. The summed E-state index contributed by atoms with van der Waals surface area (Å²) in [4.78, 5) is 24.3. The molecule has 2 amide bonds. The number of amides is 2. The van der Waals surface area contributed by atoms with E-state index in [2.05, 4.69) is 10.6 Å². The van der Waals surface area contributed by atoms with Gasteiger partial charge >= 0.3 is 11.8 Å². The fraction of sp³-hybridized carbons (Fsp3) is 0.200. The lowest BCUT2D eigenvalue weighted by Crippen LogP contribution is -2.45. The highest BCUT2D eigenvalue weighted by Gasteiger charge is 2.25. The zero-order valence-corrected chi connectivity index (χ0v) is 17.6. The zero-order valence-electron chi connectivity index (χ0n) is 17.6. The molecule has 3 aromatic carbocycles. The van der Waals surface area contributed by atoms with Crippen LogP contribution in [0.25, 0.3) is 11.1 Å². The number of fused-ring (bicyclic) bond motifs is 1. The van der Waals surface area contributed by atoms with Crippen LogP contribution >= 0.6 is 0 Å². The van der Waals surface area contributed by atoms with Crippen molar-refractivity contribution in [1.29, 1.82) is 0 Å². The largest absolute Gasteiger partial charge is 0.454 e. The molecule has 7 heteroatoms. The SMILES string of the molecule is C[C@@](O)(CNC(=O)C(=O)NCc1ccc2c(c1)OCO2)c1ccc(-c2ccccc2)cc1. The summed E-state index contributed by atoms with van der Waals surface area (Å²) < 4.78 is 10.6. The number of hydrogen-bond acceptors (Lipinski definition) is 5. The van der Waals surface area contributed by atoms with Crippen molar-refractivity contribution in [2.75, 3.05) is 13.3 Å². The molecule has 4 rings (SSSR count). The summed E-state index contributed by atoms with van der Waals surface area (Å²) in [6.07, 6.45) is 0. The molecule has 0 spiro atoms. The molecule has 0 aliphatic carbocycles. The molecule has 164 valence electrons. The van der Waals surface area contributed by atoms with Gasteiger partial charge < -0.3 is 25.2 Å². The second-order valence-electron chi connectivity index (χ2n) is 7.77. The van der Waals surface area contributed by atoms with E-state index < -0.39 is 17.4 Å². The molecule has 0 unspecified atom stereocenters. The molecule has 0 fully saturated rings. The van der Waals surface area contributed by atoms with Crippen molar-refractivity contribution in [3.8, 4) is 22.6 Å². The third-order valence-electron chi connectivity index (χ3n) is 5.30. The molecule has 0 saturated carbocycles. The van der Waals surface area contributed by atoms with Crippen LogP contribution in [0.2, 0.25) is 0 Å². The van der Waals surface area contributed by atoms with Crippen LogP contribution in [0.15, 0.2) is 72.8 Å². The van der Waals surface area contributed by atoms with Gasteiger partial charge in [-0.05, 0) is 41.3 Å². The number of benzene rings is 3. The van der Waals surface area contributed by atoms with Gasteiger partial charge in [0, 0.05) is 6.54 Å². The molecule has 32 heavy (non-hydrogen) atoms. The summed E-state index contributed by atoms with van der Waals surface area (Å²) >= 11 is 0. The first-order chi connectivity index (χ1) is 15.4. The number of aliphatic hydroxyl groups is 1. The molecule has 1 aliphatic heterocycles. The molecular formula is C25H24N2O5. The van der Waals surface area contributed by atoms with Gasteiger partial charge in [-0.15, -0.1) is 0 Å². The minimum atomic E-state index is -1.33. The number of carbonyl (C=O) groups excluding carboxylic acids is 2. The summed E-state index contributed by atoms with van der Waals surface area (Å²) in [6, 6.07) is 22.7. The first-order valence-corrected chi connectivity index (χ1v) is 10.3. The lowest BCUT2D eigenvalue weighted by atomic mass is 9.93. The van der Waals surface area contributed by atoms with Gasteiger partial charge in [-0.3, -0.25) is 9.59 Å². The molecule has 3 N–H and O–H groups in total. The van der Waals surface area contributed by atoms with Gasteiger partial charge in [0.1, 0.15) is 5.60 Å². The number of ether oxygens (including phenoxy) is 2. The second kappa shape index (κ2) is 9.11. The number of nitrogens with one attached hydrogen (secondary N) is 2. The number of hydrogen-bond donors (Lipinski definition) is 3. The van der Waals surface area contributed by atoms with Crippen molar-refractivity contribution in [3.05, 3.63) is 83.9 Å². The van der Waals surface area contributed by atoms with Crippen molar-refractivity contribution in [2.24, 2.45) is 0 Å². The molecule has 1 atom stereocenters.